The second kappa shape index (κ2) is 7.56. The van der Waals surface area contributed by atoms with Gasteiger partial charge in [0.1, 0.15) is 0 Å². The number of nitrogens with zero attached hydrogens (tertiary/aromatic N) is 1. The van der Waals surface area contributed by atoms with Gasteiger partial charge in [-0.05, 0) is 44.1 Å². The van der Waals surface area contributed by atoms with E-state index in [1.165, 1.54) is 7.11 Å². The zero-order valence-electron chi connectivity index (χ0n) is 12.4. The molecule has 1 unspecified atom stereocenters. The highest BCUT2D eigenvalue weighted by molar-refractivity contribution is 5.43. The Labute approximate surface area is 124 Å². The number of methoxy groups -OCH3 is 1. The second-order valence-corrected chi connectivity index (χ2v) is 5.28. The Morgan fingerprint density at radius 2 is 2.19 bits per heavy atom. The number of piperidine rings is 1. The van der Waals surface area contributed by atoms with Crippen molar-refractivity contribution in [2.45, 2.75) is 32.0 Å². The van der Waals surface area contributed by atoms with Crippen LogP contribution in [-0.4, -0.2) is 44.8 Å². The summed E-state index contributed by atoms with van der Waals surface area (Å²) in [5, 5.41) is 3.37. The van der Waals surface area contributed by atoms with Crippen molar-refractivity contribution < 1.29 is 18.3 Å². The van der Waals surface area contributed by atoms with Crippen molar-refractivity contribution in [2.75, 3.05) is 27.2 Å². The predicted molar refractivity (Wildman–Crippen MR) is 77.0 cm³/mol. The summed E-state index contributed by atoms with van der Waals surface area (Å²) < 4.78 is 34.4. The van der Waals surface area contributed by atoms with Crippen molar-refractivity contribution in [1.29, 1.82) is 0 Å². The molecule has 0 radical (unpaired) electrons. The Kier molecular flexibility index (Phi) is 5.76. The van der Waals surface area contributed by atoms with Crippen LogP contribution in [0.5, 0.6) is 11.5 Å². The van der Waals surface area contributed by atoms with Crippen LogP contribution in [0.1, 0.15) is 18.4 Å². The molecule has 0 aliphatic carbocycles. The fourth-order valence-electron chi connectivity index (χ4n) is 2.63. The van der Waals surface area contributed by atoms with E-state index >= 15 is 0 Å². The summed E-state index contributed by atoms with van der Waals surface area (Å²) in [7, 11) is 3.49. The topological polar surface area (TPSA) is 33.7 Å². The predicted octanol–water partition coefficient (Wildman–Crippen LogP) is 2.48. The minimum Gasteiger partial charge on any atom is -0.493 e. The highest BCUT2D eigenvalue weighted by atomic mass is 19.3. The van der Waals surface area contributed by atoms with Gasteiger partial charge in [0.2, 0.25) is 0 Å². The molecule has 1 aromatic carbocycles. The molecular formula is C15H22F2N2O2. The zero-order valence-corrected chi connectivity index (χ0v) is 12.4. The van der Waals surface area contributed by atoms with Gasteiger partial charge >= 0.3 is 6.61 Å². The van der Waals surface area contributed by atoms with E-state index in [1.54, 1.807) is 12.1 Å². The summed E-state index contributed by atoms with van der Waals surface area (Å²) in [6.07, 6.45) is 2.32. The van der Waals surface area contributed by atoms with Crippen LogP contribution in [0.15, 0.2) is 18.2 Å². The Bertz CT molecular complexity index is 451. The van der Waals surface area contributed by atoms with Gasteiger partial charge in [0.25, 0.3) is 0 Å². The number of hydrogen-bond donors (Lipinski definition) is 1. The summed E-state index contributed by atoms with van der Waals surface area (Å²) in [6.45, 7) is -0.128. The lowest BCUT2D eigenvalue weighted by molar-refractivity contribution is -0.0512. The number of hydrogen-bond acceptors (Lipinski definition) is 4. The molecule has 0 spiro atoms. The molecule has 1 fully saturated rings. The summed E-state index contributed by atoms with van der Waals surface area (Å²) >= 11 is 0. The standard InChI is InChI=1S/C15H22F2N2O2/c1-19(12-4-3-7-18-9-12)10-11-5-6-13(20-2)14(8-11)21-15(16)17/h5-6,8,12,15,18H,3-4,7,9-10H2,1-2H3. The Morgan fingerprint density at radius 3 is 2.81 bits per heavy atom. The van der Waals surface area contributed by atoms with Crippen LogP contribution >= 0.6 is 0 Å². The molecule has 1 saturated heterocycles. The molecule has 1 atom stereocenters. The van der Waals surface area contributed by atoms with E-state index in [2.05, 4.69) is 22.0 Å². The third-order valence-corrected chi connectivity index (χ3v) is 3.77. The van der Waals surface area contributed by atoms with Gasteiger partial charge in [0, 0.05) is 19.1 Å². The van der Waals surface area contributed by atoms with Crippen molar-refractivity contribution in [3.8, 4) is 11.5 Å². The van der Waals surface area contributed by atoms with E-state index in [1.807, 2.05) is 6.07 Å². The smallest absolute Gasteiger partial charge is 0.387 e. The maximum Gasteiger partial charge on any atom is 0.387 e. The van der Waals surface area contributed by atoms with E-state index in [0.717, 1.165) is 31.5 Å². The molecule has 1 aliphatic rings. The fourth-order valence-corrected chi connectivity index (χ4v) is 2.63. The first-order valence-corrected chi connectivity index (χ1v) is 7.13. The van der Waals surface area contributed by atoms with Crippen LogP contribution in [0.25, 0.3) is 0 Å². The first-order valence-electron chi connectivity index (χ1n) is 7.13. The quantitative estimate of drug-likeness (QED) is 0.875. The van der Waals surface area contributed by atoms with Gasteiger partial charge in [-0.1, -0.05) is 6.07 Å². The van der Waals surface area contributed by atoms with Crippen molar-refractivity contribution in [3.63, 3.8) is 0 Å². The lowest BCUT2D eigenvalue weighted by Gasteiger charge is -2.31. The number of alkyl halides is 2. The fraction of sp³-hybridized carbons (Fsp3) is 0.600. The molecule has 0 amide bonds. The van der Waals surface area contributed by atoms with Crippen molar-refractivity contribution >= 4 is 0 Å². The van der Waals surface area contributed by atoms with E-state index in [9.17, 15) is 8.78 Å². The van der Waals surface area contributed by atoms with Crippen molar-refractivity contribution in [3.05, 3.63) is 23.8 Å². The maximum absolute atomic E-state index is 12.4. The van der Waals surface area contributed by atoms with Gasteiger partial charge in [-0.15, -0.1) is 0 Å². The molecule has 118 valence electrons. The van der Waals surface area contributed by atoms with Gasteiger partial charge < -0.3 is 14.8 Å². The zero-order chi connectivity index (χ0) is 15.2. The lowest BCUT2D eigenvalue weighted by atomic mass is 10.1. The molecule has 1 aromatic rings. The van der Waals surface area contributed by atoms with Gasteiger partial charge in [-0.3, -0.25) is 4.90 Å². The van der Waals surface area contributed by atoms with Crippen LogP contribution in [-0.2, 0) is 6.54 Å². The van der Waals surface area contributed by atoms with Crippen LogP contribution in [0.3, 0.4) is 0 Å². The number of likely N-dealkylation sites (N-methyl/N-ethyl adjacent to an activating group) is 1. The van der Waals surface area contributed by atoms with Crippen molar-refractivity contribution in [2.24, 2.45) is 0 Å². The van der Waals surface area contributed by atoms with Crippen molar-refractivity contribution in [1.82, 2.24) is 10.2 Å². The molecule has 1 heterocycles. The van der Waals surface area contributed by atoms with Gasteiger partial charge in [-0.25, -0.2) is 0 Å². The van der Waals surface area contributed by atoms with Gasteiger partial charge in [0.15, 0.2) is 11.5 Å². The maximum atomic E-state index is 12.4. The van der Waals surface area contributed by atoms with E-state index in [0.29, 0.717) is 18.3 Å². The van der Waals surface area contributed by atoms with Crippen LogP contribution in [0.4, 0.5) is 8.78 Å². The third-order valence-electron chi connectivity index (χ3n) is 3.77. The number of nitrogens with one attached hydrogen (secondary N) is 1. The molecule has 1 N–H and O–H groups in total. The average Bonchev–Trinajstić information content (AvgIpc) is 2.48. The first-order chi connectivity index (χ1) is 10.1. The SMILES string of the molecule is COc1ccc(CN(C)C2CCCNC2)cc1OC(F)F. The van der Waals surface area contributed by atoms with Gasteiger partial charge in [0.05, 0.1) is 7.11 Å². The minimum absolute atomic E-state index is 0.0835. The molecule has 6 heteroatoms. The molecule has 2 rings (SSSR count). The Balaban J connectivity index is 2.05. The monoisotopic (exact) mass is 300 g/mol. The highest BCUT2D eigenvalue weighted by Crippen LogP contribution is 2.30. The first kappa shape index (κ1) is 16.0. The lowest BCUT2D eigenvalue weighted by Crippen LogP contribution is -2.43. The second-order valence-electron chi connectivity index (χ2n) is 5.28. The van der Waals surface area contributed by atoms with Crippen LogP contribution in [0.2, 0.25) is 0 Å². The highest BCUT2D eigenvalue weighted by Gasteiger charge is 2.18. The number of ether oxygens (including phenoxy) is 2. The number of benzene rings is 1. The van der Waals surface area contributed by atoms with E-state index in [-0.39, 0.29) is 5.75 Å². The Hall–Kier alpha value is -1.40. The van der Waals surface area contributed by atoms with E-state index in [4.69, 9.17) is 4.74 Å². The van der Waals surface area contributed by atoms with Crippen LogP contribution in [0, 0.1) is 0 Å². The van der Waals surface area contributed by atoms with Gasteiger partial charge in [-0.2, -0.15) is 8.78 Å². The third kappa shape index (κ3) is 4.54. The number of rotatable bonds is 6. The van der Waals surface area contributed by atoms with E-state index < -0.39 is 6.61 Å². The average molecular weight is 300 g/mol. The molecule has 21 heavy (non-hydrogen) atoms. The summed E-state index contributed by atoms with van der Waals surface area (Å²) in [4.78, 5) is 2.24. The van der Waals surface area contributed by atoms with Crippen LogP contribution < -0.4 is 14.8 Å². The Morgan fingerprint density at radius 1 is 1.38 bits per heavy atom. The molecule has 0 aromatic heterocycles. The molecular weight excluding hydrogens is 278 g/mol. The summed E-state index contributed by atoms with van der Waals surface area (Å²) in [6, 6.07) is 5.64. The molecule has 1 aliphatic heterocycles. The number of halogens is 2. The minimum atomic E-state index is -2.85. The largest absolute Gasteiger partial charge is 0.493 e. The molecule has 0 bridgehead atoms. The summed E-state index contributed by atoms with van der Waals surface area (Å²) in [5.74, 6) is 0.404. The molecule has 0 saturated carbocycles. The normalized spacial score (nSPS) is 19.0. The molecule has 4 nitrogen and oxygen atoms in total. The summed E-state index contributed by atoms with van der Waals surface area (Å²) in [5.41, 5.74) is 0.930.